The third-order valence-corrected chi connectivity index (χ3v) is 2.11. The number of rotatable bonds is 3. The van der Waals surface area contributed by atoms with E-state index in [1.165, 1.54) is 12.8 Å². The fourth-order valence-corrected chi connectivity index (χ4v) is 1.25. The van der Waals surface area contributed by atoms with Gasteiger partial charge in [0.1, 0.15) is 0 Å². The molecule has 0 spiro atoms. The van der Waals surface area contributed by atoms with Crippen LogP contribution >= 0.6 is 22.6 Å². The summed E-state index contributed by atoms with van der Waals surface area (Å²) >= 11 is 2.18. The maximum Gasteiger partial charge on any atom is 0.157 e. The van der Waals surface area contributed by atoms with Gasteiger partial charge in [0.25, 0.3) is 0 Å². The first-order chi connectivity index (χ1) is 5.43. The lowest BCUT2D eigenvalue weighted by atomic mass is 10.2. The van der Waals surface area contributed by atoms with Crippen LogP contribution in [0.15, 0.2) is 10.2 Å². The molecule has 0 aromatic heterocycles. The molecule has 3 heteroatoms. The molecule has 0 aromatic rings. The summed E-state index contributed by atoms with van der Waals surface area (Å²) in [6.45, 7) is 1.53. The van der Waals surface area contributed by atoms with E-state index in [-0.39, 0.29) is 6.29 Å². The Hall–Kier alpha value is 0.390. The van der Waals surface area contributed by atoms with Crippen molar-refractivity contribution in [1.82, 2.24) is 0 Å². The molecule has 0 amide bonds. The molecule has 1 saturated heterocycles. The smallest absolute Gasteiger partial charge is 0.157 e. The lowest BCUT2D eigenvalue weighted by molar-refractivity contribution is -0.155. The summed E-state index contributed by atoms with van der Waals surface area (Å²) in [5.41, 5.74) is 0. The van der Waals surface area contributed by atoms with Crippen molar-refractivity contribution in [2.75, 3.05) is 13.2 Å². The molecule has 0 N–H and O–H groups in total. The Bertz CT molecular complexity index is 119. The van der Waals surface area contributed by atoms with Gasteiger partial charge in [0.15, 0.2) is 6.29 Å². The lowest BCUT2D eigenvalue weighted by Crippen LogP contribution is -2.22. The Labute approximate surface area is 81.1 Å². The topological polar surface area (TPSA) is 18.5 Å². The van der Waals surface area contributed by atoms with E-state index < -0.39 is 0 Å². The van der Waals surface area contributed by atoms with E-state index in [4.69, 9.17) is 9.47 Å². The summed E-state index contributed by atoms with van der Waals surface area (Å²) in [7, 11) is 0. The molecule has 2 nitrogen and oxygen atoms in total. The third kappa shape index (κ3) is 4.08. The van der Waals surface area contributed by atoms with Gasteiger partial charge in [0.2, 0.25) is 0 Å². The predicted octanol–water partition coefficient (Wildman–Crippen LogP) is 2.48. The van der Waals surface area contributed by atoms with Crippen LogP contribution in [0.1, 0.15) is 19.3 Å². The molecule has 1 heterocycles. The van der Waals surface area contributed by atoms with E-state index in [1.807, 2.05) is 10.2 Å². The highest BCUT2D eigenvalue weighted by Gasteiger charge is 2.12. The van der Waals surface area contributed by atoms with Crippen molar-refractivity contribution in [3.05, 3.63) is 10.2 Å². The van der Waals surface area contributed by atoms with Crippen LogP contribution in [0.5, 0.6) is 0 Å². The average Bonchev–Trinajstić information content (AvgIpc) is 2.07. The van der Waals surface area contributed by atoms with Crippen molar-refractivity contribution in [1.29, 1.82) is 0 Å². The van der Waals surface area contributed by atoms with Crippen LogP contribution < -0.4 is 0 Å². The summed E-state index contributed by atoms with van der Waals surface area (Å²) in [6.07, 6.45) is 5.50. The number of halogens is 1. The monoisotopic (exact) mass is 268 g/mol. The highest BCUT2D eigenvalue weighted by Crippen LogP contribution is 2.13. The predicted molar refractivity (Wildman–Crippen MR) is 52.7 cm³/mol. The second-order valence-electron chi connectivity index (χ2n) is 2.49. The lowest BCUT2D eigenvalue weighted by Gasteiger charge is -2.21. The summed E-state index contributed by atoms with van der Waals surface area (Å²) < 4.78 is 12.7. The summed E-state index contributed by atoms with van der Waals surface area (Å²) in [5.74, 6) is 0. The van der Waals surface area contributed by atoms with E-state index >= 15 is 0 Å². The maximum atomic E-state index is 5.41. The molecular formula is C8H13IO2. The van der Waals surface area contributed by atoms with Gasteiger partial charge in [0, 0.05) is 6.61 Å². The van der Waals surface area contributed by atoms with Crippen LogP contribution in [-0.4, -0.2) is 19.5 Å². The molecule has 0 saturated carbocycles. The Kier molecular flexibility index (Phi) is 5.14. The number of ether oxygens (including phenoxy) is 2. The molecule has 1 atom stereocenters. The molecule has 64 valence electrons. The minimum Gasteiger partial charge on any atom is -0.353 e. The molecule has 0 aliphatic carbocycles. The summed E-state index contributed by atoms with van der Waals surface area (Å²) in [6, 6.07) is 0. The molecular weight excluding hydrogens is 255 g/mol. The Balaban J connectivity index is 2.04. The zero-order chi connectivity index (χ0) is 7.94. The van der Waals surface area contributed by atoms with Gasteiger partial charge in [-0.3, -0.25) is 0 Å². The molecule has 11 heavy (non-hydrogen) atoms. The molecule has 1 fully saturated rings. The second kappa shape index (κ2) is 5.97. The van der Waals surface area contributed by atoms with Crippen molar-refractivity contribution >= 4 is 22.6 Å². The average molecular weight is 268 g/mol. The van der Waals surface area contributed by atoms with Crippen LogP contribution in [0, 0.1) is 0 Å². The van der Waals surface area contributed by atoms with Crippen molar-refractivity contribution < 1.29 is 9.47 Å². The Morgan fingerprint density at radius 1 is 1.55 bits per heavy atom. The Morgan fingerprint density at radius 3 is 3.09 bits per heavy atom. The zero-order valence-electron chi connectivity index (χ0n) is 6.46. The van der Waals surface area contributed by atoms with Gasteiger partial charge in [-0.05, 0) is 23.3 Å². The van der Waals surface area contributed by atoms with Gasteiger partial charge in [-0.15, -0.1) is 0 Å². The van der Waals surface area contributed by atoms with Gasteiger partial charge in [0.05, 0.1) is 6.61 Å². The number of hydrogen-bond acceptors (Lipinski definition) is 2. The largest absolute Gasteiger partial charge is 0.353 e. The first-order valence-electron chi connectivity index (χ1n) is 3.92. The fourth-order valence-electron chi connectivity index (χ4n) is 1.04. The minimum atomic E-state index is 0.0522. The van der Waals surface area contributed by atoms with E-state index in [2.05, 4.69) is 22.6 Å². The highest BCUT2D eigenvalue weighted by molar-refractivity contribution is 14.1. The first-order valence-corrected chi connectivity index (χ1v) is 5.16. The summed E-state index contributed by atoms with van der Waals surface area (Å²) in [5, 5.41) is 0. The van der Waals surface area contributed by atoms with Crippen molar-refractivity contribution in [2.24, 2.45) is 0 Å². The van der Waals surface area contributed by atoms with Crippen molar-refractivity contribution in [3.8, 4) is 0 Å². The van der Waals surface area contributed by atoms with E-state index in [0.717, 1.165) is 13.0 Å². The molecule has 0 bridgehead atoms. The van der Waals surface area contributed by atoms with E-state index in [9.17, 15) is 0 Å². The quantitative estimate of drug-likeness (QED) is 0.732. The molecule has 1 unspecified atom stereocenters. The molecule has 0 radical (unpaired) electrons. The van der Waals surface area contributed by atoms with Gasteiger partial charge < -0.3 is 9.47 Å². The summed E-state index contributed by atoms with van der Waals surface area (Å²) in [4.78, 5) is 0. The van der Waals surface area contributed by atoms with Gasteiger partial charge >= 0.3 is 0 Å². The molecule has 0 aromatic carbocycles. The van der Waals surface area contributed by atoms with Crippen LogP contribution in [-0.2, 0) is 9.47 Å². The highest BCUT2D eigenvalue weighted by atomic mass is 127. The fraction of sp³-hybridized carbons (Fsp3) is 0.750. The third-order valence-electron chi connectivity index (χ3n) is 1.61. The normalized spacial score (nSPS) is 26.1. The van der Waals surface area contributed by atoms with Crippen molar-refractivity contribution in [3.63, 3.8) is 0 Å². The standard InChI is InChI=1S/C8H13IO2/c9-5-3-7-11-8-4-1-2-6-10-8/h3,5,8H,1-2,4,6-7H2. The van der Waals surface area contributed by atoms with Gasteiger partial charge in [-0.25, -0.2) is 0 Å². The minimum absolute atomic E-state index is 0.0522. The Morgan fingerprint density at radius 2 is 2.45 bits per heavy atom. The van der Waals surface area contributed by atoms with E-state index in [0.29, 0.717) is 6.61 Å². The van der Waals surface area contributed by atoms with Crippen LogP contribution in [0.3, 0.4) is 0 Å². The maximum absolute atomic E-state index is 5.41. The van der Waals surface area contributed by atoms with Crippen LogP contribution in [0.25, 0.3) is 0 Å². The van der Waals surface area contributed by atoms with Crippen molar-refractivity contribution in [2.45, 2.75) is 25.6 Å². The van der Waals surface area contributed by atoms with E-state index in [1.54, 1.807) is 0 Å². The molecule has 1 aliphatic rings. The molecule has 1 aliphatic heterocycles. The SMILES string of the molecule is IC=CCOC1CCCCO1. The van der Waals surface area contributed by atoms with Crippen LogP contribution in [0.4, 0.5) is 0 Å². The zero-order valence-corrected chi connectivity index (χ0v) is 8.62. The molecule has 1 rings (SSSR count). The number of hydrogen-bond donors (Lipinski definition) is 0. The second-order valence-corrected chi connectivity index (χ2v) is 3.21. The van der Waals surface area contributed by atoms with Gasteiger partial charge in [-0.1, -0.05) is 28.7 Å². The van der Waals surface area contributed by atoms with Crippen LogP contribution in [0.2, 0.25) is 0 Å². The first kappa shape index (κ1) is 9.48. The van der Waals surface area contributed by atoms with Gasteiger partial charge in [-0.2, -0.15) is 0 Å².